The van der Waals surface area contributed by atoms with Gasteiger partial charge in [0.2, 0.25) is 5.82 Å². The number of benzene rings is 2. The molecule has 0 aromatic heterocycles. The van der Waals surface area contributed by atoms with E-state index in [0.29, 0.717) is 48.5 Å². The van der Waals surface area contributed by atoms with Gasteiger partial charge in [0, 0.05) is 6.07 Å². The van der Waals surface area contributed by atoms with Crippen LogP contribution in [0.25, 0.3) is 0 Å². The SMILES string of the molecule is C=CC1CCC(c2ccc(OC(=O)C3CCC(c4ccc(OC)cc4F)CC3)c(F)c2F)CC1. The Labute approximate surface area is 199 Å². The van der Waals surface area contributed by atoms with Crippen LogP contribution in [0.4, 0.5) is 13.2 Å². The first-order valence-corrected chi connectivity index (χ1v) is 12.1. The van der Waals surface area contributed by atoms with Crippen molar-refractivity contribution in [2.24, 2.45) is 11.8 Å². The Kier molecular flexibility index (Phi) is 7.64. The number of halogens is 3. The molecule has 0 spiro atoms. The lowest BCUT2D eigenvalue weighted by Gasteiger charge is -2.28. The van der Waals surface area contributed by atoms with Gasteiger partial charge in [0.1, 0.15) is 11.6 Å². The Bertz CT molecular complexity index is 1040. The largest absolute Gasteiger partial charge is 0.497 e. The van der Waals surface area contributed by atoms with Gasteiger partial charge in [0.05, 0.1) is 13.0 Å². The Morgan fingerprint density at radius 3 is 2.12 bits per heavy atom. The Morgan fingerprint density at radius 2 is 1.50 bits per heavy atom. The molecule has 2 aliphatic carbocycles. The number of carbonyl (C=O) groups is 1. The molecule has 2 aliphatic rings. The lowest BCUT2D eigenvalue weighted by Crippen LogP contribution is -2.26. The van der Waals surface area contributed by atoms with Gasteiger partial charge < -0.3 is 9.47 Å². The number of carbonyl (C=O) groups excluding carboxylic acids is 1. The zero-order valence-corrected chi connectivity index (χ0v) is 19.5. The molecule has 0 heterocycles. The first kappa shape index (κ1) is 24.4. The van der Waals surface area contributed by atoms with E-state index in [0.717, 1.165) is 25.7 Å². The van der Waals surface area contributed by atoms with Crippen molar-refractivity contribution in [1.29, 1.82) is 0 Å². The average Bonchev–Trinajstić information content (AvgIpc) is 2.87. The lowest BCUT2D eigenvalue weighted by atomic mass is 9.78. The smallest absolute Gasteiger partial charge is 0.314 e. The van der Waals surface area contributed by atoms with Crippen molar-refractivity contribution in [3.63, 3.8) is 0 Å². The molecule has 0 aliphatic heterocycles. The molecule has 6 heteroatoms. The van der Waals surface area contributed by atoms with Crippen LogP contribution in [0.1, 0.15) is 74.3 Å². The molecule has 0 amide bonds. The number of rotatable bonds is 6. The van der Waals surface area contributed by atoms with Crippen LogP contribution in [0.2, 0.25) is 0 Å². The monoisotopic (exact) mass is 472 g/mol. The van der Waals surface area contributed by atoms with Gasteiger partial charge in [-0.2, -0.15) is 4.39 Å². The molecule has 34 heavy (non-hydrogen) atoms. The molecule has 4 rings (SSSR count). The van der Waals surface area contributed by atoms with E-state index in [9.17, 15) is 18.0 Å². The van der Waals surface area contributed by atoms with E-state index in [1.165, 1.54) is 19.2 Å². The van der Waals surface area contributed by atoms with Crippen molar-refractivity contribution in [2.45, 2.75) is 63.2 Å². The van der Waals surface area contributed by atoms with Crippen LogP contribution < -0.4 is 9.47 Å². The third-order valence-corrected chi connectivity index (χ3v) is 7.54. The normalized spacial score (nSPS) is 24.9. The third kappa shape index (κ3) is 5.16. The molecular weight excluding hydrogens is 441 g/mol. The average molecular weight is 473 g/mol. The summed E-state index contributed by atoms with van der Waals surface area (Å²) in [5, 5.41) is 0. The van der Waals surface area contributed by atoms with Gasteiger partial charge in [0.25, 0.3) is 0 Å². The van der Waals surface area contributed by atoms with Crippen LogP contribution in [0.5, 0.6) is 11.5 Å². The zero-order valence-electron chi connectivity index (χ0n) is 19.5. The molecule has 0 unspecified atom stereocenters. The van der Waals surface area contributed by atoms with Crippen molar-refractivity contribution >= 4 is 5.97 Å². The predicted molar refractivity (Wildman–Crippen MR) is 125 cm³/mol. The Balaban J connectivity index is 1.36. The van der Waals surface area contributed by atoms with E-state index in [1.54, 1.807) is 18.2 Å². The van der Waals surface area contributed by atoms with Crippen LogP contribution in [0, 0.1) is 29.3 Å². The number of esters is 1. The molecule has 3 nitrogen and oxygen atoms in total. The molecule has 2 aromatic carbocycles. The minimum Gasteiger partial charge on any atom is -0.497 e. The summed E-state index contributed by atoms with van der Waals surface area (Å²) in [7, 11) is 1.49. The van der Waals surface area contributed by atoms with Crippen molar-refractivity contribution < 1.29 is 27.4 Å². The van der Waals surface area contributed by atoms with Crippen molar-refractivity contribution in [2.75, 3.05) is 7.11 Å². The second-order valence-corrected chi connectivity index (χ2v) is 9.49. The van der Waals surface area contributed by atoms with Crippen LogP contribution in [-0.4, -0.2) is 13.1 Å². The van der Waals surface area contributed by atoms with Crippen molar-refractivity contribution in [3.05, 3.63) is 71.6 Å². The third-order valence-electron chi connectivity index (χ3n) is 7.54. The highest BCUT2D eigenvalue weighted by Crippen LogP contribution is 2.40. The van der Waals surface area contributed by atoms with Gasteiger partial charge >= 0.3 is 5.97 Å². The second kappa shape index (κ2) is 10.7. The Hall–Kier alpha value is -2.76. The fourth-order valence-corrected chi connectivity index (χ4v) is 5.40. The minimum absolute atomic E-state index is 0.000370. The van der Waals surface area contributed by atoms with E-state index in [2.05, 4.69) is 6.58 Å². The molecule has 2 saturated carbocycles. The molecule has 0 radical (unpaired) electrons. The summed E-state index contributed by atoms with van der Waals surface area (Å²) >= 11 is 0. The quantitative estimate of drug-likeness (QED) is 0.249. The van der Waals surface area contributed by atoms with Gasteiger partial charge in [-0.1, -0.05) is 18.2 Å². The predicted octanol–water partition coefficient (Wildman–Crippen LogP) is 7.45. The van der Waals surface area contributed by atoms with Crippen LogP contribution in [0.3, 0.4) is 0 Å². The van der Waals surface area contributed by atoms with Gasteiger partial charge in [-0.15, -0.1) is 6.58 Å². The van der Waals surface area contributed by atoms with E-state index in [4.69, 9.17) is 9.47 Å². The highest BCUT2D eigenvalue weighted by Gasteiger charge is 2.31. The van der Waals surface area contributed by atoms with Crippen molar-refractivity contribution in [1.82, 2.24) is 0 Å². The zero-order chi connectivity index (χ0) is 24.2. The summed E-state index contributed by atoms with van der Waals surface area (Å²) in [4.78, 5) is 12.7. The standard InChI is InChI=1S/C28H31F3O3/c1-3-17-4-6-19(7-5-17)23-14-15-25(27(31)26(23)30)34-28(32)20-10-8-18(9-11-20)22-13-12-21(33-2)16-24(22)29/h3,12-20H,1,4-11H2,2H3. The van der Waals surface area contributed by atoms with Crippen molar-refractivity contribution in [3.8, 4) is 11.5 Å². The fourth-order valence-electron chi connectivity index (χ4n) is 5.40. The van der Waals surface area contributed by atoms with Gasteiger partial charge in [-0.05, 0) is 92.4 Å². The van der Waals surface area contributed by atoms with Gasteiger partial charge in [-0.25, -0.2) is 8.78 Å². The molecule has 0 bridgehead atoms. The minimum atomic E-state index is -1.11. The van der Waals surface area contributed by atoms with Gasteiger partial charge in [0.15, 0.2) is 11.6 Å². The lowest BCUT2D eigenvalue weighted by molar-refractivity contribution is -0.140. The molecule has 2 aromatic rings. The first-order chi connectivity index (χ1) is 16.4. The highest BCUT2D eigenvalue weighted by molar-refractivity contribution is 5.75. The maximum absolute atomic E-state index is 14.8. The topological polar surface area (TPSA) is 35.5 Å². The number of hydrogen-bond acceptors (Lipinski definition) is 3. The van der Waals surface area contributed by atoms with Gasteiger partial charge in [-0.3, -0.25) is 4.79 Å². The van der Waals surface area contributed by atoms with Crippen LogP contribution in [0.15, 0.2) is 43.0 Å². The van der Waals surface area contributed by atoms with E-state index < -0.39 is 23.5 Å². The molecule has 0 saturated heterocycles. The van der Waals surface area contributed by atoms with Crippen LogP contribution in [-0.2, 0) is 4.79 Å². The van der Waals surface area contributed by atoms with Crippen LogP contribution >= 0.6 is 0 Å². The molecular formula is C28H31F3O3. The Morgan fingerprint density at radius 1 is 0.882 bits per heavy atom. The number of methoxy groups -OCH3 is 1. The van der Waals surface area contributed by atoms with E-state index in [-0.39, 0.29) is 23.4 Å². The number of allylic oxidation sites excluding steroid dienone is 1. The summed E-state index contributed by atoms with van der Waals surface area (Å²) in [5.41, 5.74) is 0.959. The summed E-state index contributed by atoms with van der Waals surface area (Å²) in [6.45, 7) is 3.82. The maximum Gasteiger partial charge on any atom is 0.314 e. The summed E-state index contributed by atoms with van der Waals surface area (Å²) < 4.78 is 54.3. The molecule has 0 N–H and O–H groups in total. The summed E-state index contributed by atoms with van der Waals surface area (Å²) in [5.74, 6) is -2.85. The maximum atomic E-state index is 14.8. The van der Waals surface area contributed by atoms with E-state index >= 15 is 0 Å². The fraction of sp³-hybridized carbons (Fsp3) is 0.464. The number of ether oxygens (including phenoxy) is 2. The highest BCUT2D eigenvalue weighted by atomic mass is 19.2. The molecule has 2 fully saturated rings. The number of hydrogen-bond donors (Lipinski definition) is 0. The molecule has 0 atom stereocenters. The van der Waals surface area contributed by atoms with E-state index in [1.807, 2.05) is 6.08 Å². The summed E-state index contributed by atoms with van der Waals surface area (Å²) in [6.07, 6.45) is 7.56. The summed E-state index contributed by atoms with van der Waals surface area (Å²) in [6, 6.07) is 7.72. The first-order valence-electron chi connectivity index (χ1n) is 12.1. The molecule has 182 valence electrons. The second-order valence-electron chi connectivity index (χ2n) is 9.49.